The molecule has 1 aliphatic carbocycles. The molecule has 0 heterocycles. The summed E-state index contributed by atoms with van der Waals surface area (Å²) in [6.45, 7) is 2.55. The molecule has 0 saturated carbocycles. The van der Waals surface area contributed by atoms with Crippen LogP contribution < -0.4 is 0 Å². The van der Waals surface area contributed by atoms with E-state index in [1.807, 2.05) is 0 Å². The lowest BCUT2D eigenvalue weighted by Gasteiger charge is -2.06. The van der Waals surface area contributed by atoms with Crippen LogP contribution in [0.2, 0.25) is 0 Å². The summed E-state index contributed by atoms with van der Waals surface area (Å²) in [5.41, 5.74) is 1.53. The molecule has 0 amide bonds. The zero-order chi connectivity index (χ0) is 7.40. The van der Waals surface area contributed by atoms with Gasteiger partial charge in [0.25, 0.3) is 0 Å². The van der Waals surface area contributed by atoms with Crippen LogP contribution in [0.4, 0.5) is 0 Å². The van der Waals surface area contributed by atoms with Gasteiger partial charge in [-0.1, -0.05) is 11.6 Å². The van der Waals surface area contributed by atoms with Gasteiger partial charge < -0.3 is 5.11 Å². The SMILES string of the molecule is CC1=CCC(CCCO)C1. The number of hydrogen-bond acceptors (Lipinski definition) is 1. The third kappa shape index (κ3) is 2.14. The molecule has 1 rings (SSSR count). The minimum absolute atomic E-state index is 0.357. The highest BCUT2D eigenvalue weighted by molar-refractivity contribution is 5.06. The molecule has 1 heteroatoms. The molecule has 0 radical (unpaired) electrons. The van der Waals surface area contributed by atoms with E-state index in [9.17, 15) is 0 Å². The van der Waals surface area contributed by atoms with Crippen LogP contribution >= 0.6 is 0 Å². The van der Waals surface area contributed by atoms with Crippen molar-refractivity contribution in [3.8, 4) is 0 Å². The third-order valence-electron chi connectivity index (χ3n) is 2.18. The van der Waals surface area contributed by atoms with Crippen LogP contribution in [0.5, 0.6) is 0 Å². The van der Waals surface area contributed by atoms with Crippen molar-refractivity contribution in [3.63, 3.8) is 0 Å². The summed E-state index contributed by atoms with van der Waals surface area (Å²) in [5.74, 6) is 0.840. The number of hydrogen-bond donors (Lipinski definition) is 1. The Morgan fingerprint density at radius 3 is 3.00 bits per heavy atom. The van der Waals surface area contributed by atoms with Crippen LogP contribution in [0.3, 0.4) is 0 Å². The van der Waals surface area contributed by atoms with Crippen LogP contribution in [-0.4, -0.2) is 11.7 Å². The zero-order valence-corrected chi connectivity index (χ0v) is 6.64. The summed E-state index contributed by atoms with van der Waals surface area (Å²) in [5, 5.41) is 8.58. The van der Waals surface area contributed by atoms with Crippen LogP contribution in [0.1, 0.15) is 32.6 Å². The normalized spacial score (nSPS) is 25.0. The van der Waals surface area contributed by atoms with E-state index in [1.54, 1.807) is 0 Å². The van der Waals surface area contributed by atoms with Gasteiger partial charge in [0.05, 0.1) is 0 Å². The molecule has 1 nitrogen and oxygen atoms in total. The summed E-state index contributed by atoms with van der Waals surface area (Å²) < 4.78 is 0. The van der Waals surface area contributed by atoms with Gasteiger partial charge in [-0.15, -0.1) is 0 Å². The standard InChI is InChI=1S/C9H16O/c1-8-4-5-9(7-8)3-2-6-10/h4,9-10H,2-3,5-7H2,1H3. The second kappa shape index (κ2) is 3.77. The minimum atomic E-state index is 0.357. The van der Waals surface area contributed by atoms with E-state index < -0.39 is 0 Å². The van der Waals surface area contributed by atoms with E-state index in [4.69, 9.17) is 5.11 Å². The maximum atomic E-state index is 8.58. The fourth-order valence-electron chi connectivity index (χ4n) is 1.59. The molecule has 0 aromatic carbocycles. The Hall–Kier alpha value is -0.300. The molecule has 58 valence electrons. The van der Waals surface area contributed by atoms with Gasteiger partial charge in [-0.2, -0.15) is 0 Å². The number of rotatable bonds is 3. The molecule has 0 spiro atoms. The Morgan fingerprint density at radius 1 is 1.70 bits per heavy atom. The number of aliphatic hydroxyl groups is 1. The van der Waals surface area contributed by atoms with Gasteiger partial charge in [0.1, 0.15) is 0 Å². The molecule has 1 atom stereocenters. The van der Waals surface area contributed by atoms with Crippen LogP contribution in [0.25, 0.3) is 0 Å². The highest BCUT2D eigenvalue weighted by Gasteiger charge is 2.12. The summed E-state index contributed by atoms with van der Waals surface area (Å²) in [4.78, 5) is 0. The highest BCUT2D eigenvalue weighted by Crippen LogP contribution is 2.27. The average Bonchev–Trinajstić information content (AvgIpc) is 2.31. The molecule has 0 aliphatic heterocycles. The van der Waals surface area contributed by atoms with E-state index in [0.717, 1.165) is 12.3 Å². The van der Waals surface area contributed by atoms with Gasteiger partial charge in [0, 0.05) is 6.61 Å². The van der Waals surface area contributed by atoms with Crippen LogP contribution in [-0.2, 0) is 0 Å². The van der Waals surface area contributed by atoms with Gasteiger partial charge in [0.2, 0.25) is 0 Å². The second-order valence-electron chi connectivity index (χ2n) is 3.22. The van der Waals surface area contributed by atoms with E-state index in [0.29, 0.717) is 6.61 Å². The van der Waals surface area contributed by atoms with Crippen LogP contribution in [0, 0.1) is 5.92 Å². The maximum absolute atomic E-state index is 8.58. The minimum Gasteiger partial charge on any atom is -0.396 e. The summed E-state index contributed by atoms with van der Waals surface area (Å²) in [6.07, 6.45) is 7.00. The van der Waals surface area contributed by atoms with Crippen molar-refractivity contribution in [2.24, 2.45) is 5.92 Å². The van der Waals surface area contributed by atoms with Crippen molar-refractivity contribution in [3.05, 3.63) is 11.6 Å². The second-order valence-corrected chi connectivity index (χ2v) is 3.22. The predicted molar refractivity (Wildman–Crippen MR) is 42.8 cm³/mol. The lowest BCUT2D eigenvalue weighted by atomic mass is 10.0. The molecule has 0 fully saturated rings. The Kier molecular flexibility index (Phi) is 2.94. The van der Waals surface area contributed by atoms with E-state index in [1.165, 1.54) is 24.8 Å². The topological polar surface area (TPSA) is 20.2 Å². The monoisotopic (exact) mass is 140 g/mol. The molecular formula is C9H16O. The molecule has 0 aromatic heterocycles. The van der Waals surface area contributed by atoms with Gasteiger partial charge in [0.15, 0.2) is 0 Å². The molecule has 1 N–H and O–H groups in total. The highest BCUT2D eigenvalue weighted by atomic mass is 16.2. The fraction of sp³-hybridized carbons (Fsp3) is 0.778. The van der Waals surface area contributed by atoms with Gasteiger partial charge in [-0.3, -0.25) is 0 Å². The Balaban J connectivity index is 2.11. The third-order valence-corrected chi connectivity index (χ3v) is 2.18. The Morgan fingerprint density at radius 2 is 2.50 bits per heavy atom. The first-order valence-corrected chi connectivity index (χ1v) is 4.09. The van der Waals surface area contributed by atoms with Gasteiger partial charge >= 0.3 is 0 Å². The molecular weight excluding hydrogens is 124 g/mol. The lowest BCUT2D eigenvalue weighted by molar-refractivity contribution is 0.272. The van der Waals surface area contributed by atoms with Crippen molar-refractivity contribution in [2.75, 3.05) is 6.61 Å². The summed E-state index contributed by atoms with van der Waals surface area (Å²) in [6, 6.07) is 0. The Bertz CT molecular complexity index is 127. The smallest absolute Gasteiger partial charge is 0.0431 e. The number of aliphatic hydroxyl groups excluding tert-OH is 1. The van der Waals surface area contributed by atoms with Crippen molar-refractivity contribution in [2.45, 2.75) is 32.6 Å². The number of allylic oxidation sites excluding steroid dienone is 2. The first kappa shape index (κ1) is 7.80. The zero-order valence-electron chi connectivity index (χ0n) is 6.64. The molecule has 10 heavy (non-hydrogen) atoms. The first-order chi connectivity index (χ1) is 4.83. The van der Waals surface area contributed by atoms with Crippen LogP contribution in [0.15, 0.2) is 11.6 Å². The van der Waals surface area contributed by atoms with E-state index in [2.05, 4.69) is 13.0 Å². The summed E-state index contributed by atoms with van der Waals surface area (Å²) >= 11 is 0. The van der Waals surface area contributed by atoms with Crippen molar-refractivity contribution in [1.29, 1.82) is 0 Å². The maximum Gasteiger partial charge on any atom is 0.0431 e. The summed E-state index contributed by atoms with van der Waals surface area (Å²) in [7, 11) is 0. The molecule has 1 aliphatic rings. The van der Waals surface area contributed by atoms with Crippen molar-refractivity contribution >= 4 is 0 Å². The van der Waals surface area contributed by atoms with Crippen molar-refractivity contribution < 1.29 is 5.11 Å². The molecule has 0 bridgehead atoms. The van der Waals surface area contributed by atoms with E-state index in [-0.39, 0.29) is 0 Å². The predicted octanol–water partition coefficient (Wildman–Crippen LogP) is 2.12. The quantitative estimate of drug-likeness (QED) is 0.595. The van der Waals surface area contributed by atoms with Crippen molar-refractivity contribution in [1.82, 2.24) is 0 Å². The molecule has 0 saturated heterocycles. The average molecular weight is 140 g/mol. The molecule has 1 unspecified atom stereocenters. The van der Waals surface area contributed by atoms with Gasteiger partial charge in [-0.25, -0.2) is 0 Å². The lowest BCUT2D eigenvalue weighted by Crippen LogP contribution is -1.95. The first-order valence-electron chi connectivity index (χ1n) is 4.09. The largest absolute Gasteiger partial charge is 0.396 e. The fourth-order valence-corrected chi connectivity index (χ4v) is 1.59. The molecule has 0 aromatic rings. The van der Waals surface area contributed by atoms with Gasteiger partial charge in [-0.05, 0) is 38.5 Å². The Labute approximate surface area is 62.8 Å². The van der Waals surface area contributed by atoms with E-state index >= 15 is 0 Å².